The number of hydrogen-bond acceptors (Lipinski definition) is 2. The molecule has 0 heterocycles. The van der Waals surface area contributed by atoms with Gasteiger partial charge in [-0.3, -0.25) is 4.79 Å². The molecule has 2 aromatic rings. The van der Waals surface area contributed by atoms with E-state index in [-0.39, 0.29) is 12.3 Å². The van der Waals surface area contributed by atoms with Crippen LogP contribution in [-0.4, -0.2) is 11.1 Å². The fourth-order valence-electron chi connectivity index (χ4n) is 2.04. The van der Waals surface area contributed by atoms with Crippen LogP contribution in [0.4, 0.5) is 0 Å². The lowest BCUT2D eigenvalue weighted by Gasteiger charge is -2.11. The van der Waals surface area contributed by atoms with Crippen molar-refractivity contribution < 1.29 is 14.6 Å². The number of hydrogen-bond donors (Lipinski definition) is 1. The van der Waals surface area contributed by atoms with Crippen LogP contribution >= 0.6 is 0 Å². The van der Waals surface area contributed by atoms with Crippen LogP contribution < -0.4 is 4.74 Å². The van der Waals surface area contributed by atoms with Crippen molar-refractivity contribution in [3.05, 3.63) is 59.7 Å². The summed E-state index contributed by atoms with van der Waals surface area (Å²) in [6.07, 6.45) is 0.137. The van der Waals surface area contributed by atoms with Crippen molar-refractivity contribution in [3.8, 4) is 11.5 Å². The first-order valence-corrected chi connectivity index (χ1v) is 6.61. The monoisotopic (exact) mass is 270 g/mol. The third kappa shape index (κ3) is 3.60. The summed E-state index contributed by atoms with van der Waals surface area (Å²) in [5, 5.41) is 8.80. The molecule has 0 aliphatic heterocycles. The molecule has 1 N–H and O–H groups in total. The Labute approximate surface area is 118 Å². The van der Waals surface area contributed by atoms with E-state index in [0.717, 1.165) is 22.6 Å². The molecule has 104 valence electrons. The van der Waals surface area contributed by atoms with Crippen LogP contribution in [0.15, 0.2) is 48.5 Å². The van der Waals surface area contributed by atoms with Gasteiger partial charge in [0.15, 0.2) is 0 Å². The van der Waals surface area contributed by atoms with Crippen molar-refractivity contribution in [2.45, 2.75) is 26.2 Å². The number of carboxylic acids is 1. The van der Waals surface area contributed by atoms with Gasteiger partial charge in [-0.15, -0.1) is 0 Å². The Morgan fingerprint density at radius 2 is 1.80 bits per heavy atom. The van der Waals surface area contributed by atoms with Gasteiger partial charge in [-0.05, 0) is 42.2 Å². The Kier molecular flexibility index (Phi) is 4.41. The lowest BCUT2D eigenvalue weighted by molar-refractivity contribution is -0.137. The van der Waals surface area contributed by atoms with Crippen LogP contribution in [0.1, 0.15) is 30.4 Å². The van der Waals surface area contributed by atoms with Gasteiger partial charge in [-0.25, -0.2) is 0 Å². The highest BCUT2D eigenvalue weighted by atomic mass is 16.5. The lowest BCUT2D eigenvalue weighted by Crippen LogP contribution is -2.02. The smallest absolute Gasteiger partial charge is 0.303 e. The van der Waals surface area contributed by atoms with E-state index >= 15 is 0 Å². The van der Waals surface area contributed by atoms with E-state index in [1.54, 1.807) is 0 Å². The zero-order valence-corrected chi connectivity index (χ0v) is 11.7. The molecule has 0 radical (unpaired) electrons. The second-order valence-corrected chi connectivity index (χ2v) is 4.94. The third-order valence-corrected chi connectivity index (χ3v) is 3.25. The average molecular weight is 270 g/mol. The van der Waals surface area contributed by atoms with Gasteiger partial charge in [-0.2, -0.15) is 0 Å². The number of ether oxygens (including phenoxy) is 1. The van der Waals surface area contributed by atoms with E-state index in [9.17, 15) is 4.79 Å². The molecular weight excluding hydrogens is 252 g/mol. The van der Waals surface area contributed by atoms with Gasteiger partial charge < -0.3 is 9.84 Å². The van der Waals surface area contributed by atoms with Gasteiger partial charge in [0, 0.05) is 0 Å². The number of benzene rings is 2. The quantitative estimate of drug-likeness (QED) is 0.877. The molecule has 2 rings (SSSR count). The molecule has 0 amide bonds. The molecule has 3 nitrogen and oxygen atoms in total. The Bertz CT molecular complexity index is 587. The number of carbonyl (C=O) groups is 1. The Balaban J connectivity index is 2.09. The fraction of sp³-hybridized carbons (Fsp3) is 0.235. The summed E-state index contributed by atoms with van der Waals surface area (Å²) in [7, 11) is 0. The van der Waals surface area contributed by atoms with Crippen molar-refractivity contribution >= 4 is 5.97 Å². The molecule has 0 saturated heterocycles. The summed E-state index contributed by atoms with van der Waals surface area (Å²) < 4.78 is 5.81. The Morgan fingerprint density at radius 1 is 1.15 bits per heavy atom. The van der Waals surface area contributed by atoms with Crippen LogP contribution in [0.3, 0.4) is 0 Å². The molecule has 0 aliphatic carbocycles. The van der Waals surface area contributed by atoms with Crippen molar-refractivity contribution in [2.75, 3.05) is 0 Å². The molecule has 1 unspecified atom stereocenters. The highest BCUT2D eigenvalue weighted by Crippen LogP contribution is 2.27. The second-order valence-electron chi connectivity index (χ2n) is 4.94. The lowest BCUT2D eigenvalue weighted by atomic mass is 9.98. The molecule has 3 heteroatoms. The van der Waals surface area contributed by atoms with E-state index in [1.165, 1.54) is 0 Å². The first-order valence-electron chi connectivity index (χ1n) is 6.61. The normalized spacial score (nSPS) is 11.9. The maximum absolute atomic E-state index is 10.7. The van der Waals surface area contributed by atoms with E-state index < -0.39 is 5.97 Å². The van der Waals surface area contributed by atoms with Gasteiger partial charge >= 0.3 is 5.97 Å². The molecule has 0 saturated carbocycles. The van der Waals surface area contributed by atoms with Gasteiger partial charge in [0.25, 0.3) is 0 Å². The maximum atomic E-state index is 10.7. The highest BCUT2D eigenvalue weighted by molar-refractivity contribution is 5.68. The summed E-state index contributed by atoms with van der Waals surface area (Å²) >= 11 is 0. The molecule has 0 spiro atoms. The van der Waals surface area contributed by atoms with E-state index in [1.807, 2.05) is 62.4 Å². The van der Waals surface area contributed by atoms with Crippen LogP contribution in [0.5, 0.6) is 11.5 Å². The van der Waals surface area contributed by atoms with Crippen LogP contribution in [0.25, 0.3) is 0 Å². The Morgan fingerprint density at radius 3 is 2.40 bits per heavy atom. The minimum absolute atomic E-state index is 0.0000106. The van der Waals surface area contributed by atoms with Crippen LogP contribution in [0, 0.1) is 6.92 Å². The SMILES string of the molecule is Cc1ccccc1Oc1ccc(C(C)CC(=O)O)cc1. The number of aliphatic carboxylic acids is 1. The minimum Gasteiger partial charge on any atom is -0.481 e. The van der Waals surface area contributed by atoms with Crippen LogP contribution in [-0.2, 0) is 4.79 Å². The molecule has 2 aromatic carbocycles. The summed E-state index contributed by atoms with van der Waals surface area (Å²) in [5.41, 5.74) is 2.08. The summed E-state index contributed by atoms with van der Waals surface area (Å²) in [5.74, 6) is 0.808. The molecule has 0 bridgehead atoms. The predicted molar refractivity (Wildman–Crippen MR) is 78.4 cm³/mol. The summed E-state index contributed by atoms with van der Waals surface area (Å²) in [6.45, 7) is 3.91. The first kappa shape index (κ1) is 14.1. The standard InChI is InChI=1S/C17H18O3/c1-12-5-3-4-6-16(12)20-15-9-7-14(8-10-15)13(2)11-17(18)19/h3-10,13H,11H2,1-2H3,(H,18,19). The van der Waals surface area contributed by atoms with Crippen molar-refractivity contribution in [3.63, 3.8) is 0 Å². The zero-order valence-electron chi connectivity index (χ0n) is 11.7. The van der Waals surface area contributed by atoms with Crippen molar-refractivity contribution in [1.82, 2.24) is 0 Å². The largest absolute Gasteiger partial charge is 0.481 e. The van der Waals surface area contributed by atoms with Gasteiger partial charge in [0.05, 0.1) is 6.42 Å². The van der Waals surface area contributed by atoms with E-state index in [0.29, 0.717) is 0 Å². The van der Waals surface area contributed by atoms with E-state index in [4.69, 9.17) is 9.84 Å². The zero-order chi connectivity index (χ0) is 14.5. The van der Waals surface area contributed by atoms with Crippen molar-refractivity contribution in [1.29, 1.82) is 0 Å². The minimum atomic E-state index is -0.780. The Hall–Kier alpha value is -2.29. The predicted octanol–water partition coefficient (Wildman–Crippen LogP) is 4.37. The second kappa shape index (κ2) is 6.24. The third-order valence-electron chi connectivity index (χ3n) is 3.25. The molecule has 0 aliphatic rings. The van der Waals surface area contributed by atoms with Gasteiger partial charge in [-0.1, -0.05) is 37.3 Å². The number of rotatable bonds is 5. The average Bonchev–Trinajstić information content (AvgIpc) is 2.41. The van der Waals surface area contributed by atoms with Crippen LogP contribution in [0.2, 0.25) is 0 Å². The molecule has 0 fully saturated rings. The number of carboxylic acid groups (broad SMARTS) is 1. The fourth-order valence-corrected chi connectivity index (χ4v) is 2.04. The summed E-state index contributed by atoms with van der Waals surface area (Å²) in [6, 6.07) is 15.4. The maximum Gasteiger partial charge on any atom is 0.303 e. The molecule has 0 aromatic heterocycles. The highest BCUT2D eigenvalue weighted by Gasteiger charge is 2.10. The molecule has 1 atom stereocenters. The number of aryl methyl sites for hydroxylation is 1. The first-order chi connectivity index (χ1) is 9.56. The summed E-state index contributed by atoms with van der Waals surface area (Å²) in [4.78, 5) is 10.7. The van der Waals surface area contributed by atoms with Gasteiger partial charge in [0.2, 0.25) is 0 Å². The molecule has 20 heavy (non-hydrogen) atoms. The van der Waals surface area contributed by atoms with Crippen molar-refractivity contribution in [2.24, 2.45) is 0 Å². The molecular formula is C17H18O3. The van der Waals surface area contributed by atoms with Gasteiger partial charge in [0.1, 0.15) is 11.5 Å². The topological polar surface area (TPSA) is 46.5 Å². The number of para-hydroxylation sites is 1. The van der Waals surface area contributed by atoms with E-state index in [2.05, 4.69) is 0 Å².